The summed E-state index contributed by atoms with van der Waals surface area (Å²) < 4.78 is 5.50. The molecule has 1 fully saturated rings. The second kappa shape index (κ2) is 7.66. The first kappa shape index (κ1) is 18.5. The second-order valence-electron chi connectivity index (χ2n) is 8.09. The number of amides is 2. The maximum Gasteiger partial charge on any atom is 0.265 e. The molecule has 4 rings (SSSR count). The van der Waals surface area contributed by atoms with Crippen molar-refractivity contribution in [2.45, 2.75) is 26.8 Å². The van der Waals surface area contributed by atoms with Gasteiger partial charge in [-0.1, -0.05) is 38.1 Å². The largest absolute Gasteiger partial charge is 0.482 e. The molecule has 0 saturated carbocycles. The number of nitrogens with zero attached hydrogens (tertiary/aromatic N) is 2. The summed E-state index contributed by atoms with van der Waals surface area (Å²) in [5, 5.41) is 0. The van der Waals surface area contributed by atoms with Crippen molar-refractivity contribution in [3.8, 4) is 5.75 Å². The fraction of sp³-hybridized carbons (Fsp3) is 0.391. The summed E-state index contributed by atoms with van der Waals surface area (Å²) in [6, 6.07) is 15.2. The molecule has 0 aliphatic carbocycles. The van der Waals surface area contributed by atoms with E-state index in [1.54, 1.807) is 4.90 Å². The van der Waals surface area contributed by atoms with E-state index >= 15 is 0 Å². The summed E-state index contributed by atoms with van der Waals surface area (Å²) in [5.74, 6) is 1.84. The molecule has 0 N–H and O–H groups in total. The van der Waals surface area contributed by atoms with Gasteiger partial charge in [-0.3, -0.25) is 9.59 Å². The number of carbonyl (C=O) groups is 2. The second-order valence-corrected chi connectivity index (χ2v) is 8.09. The van der Waals surface area contributed by atoms with Crippen molar-refractivity contribution in [3.63, 3.8) is 0 Å². The van der Waals surface area contributed by atoms with Gasteiger partial charge in [0.15, 0.2) is 6.61 Å². The van der Waals surface area contributed by atoms with E-state index in [0.717, 1.165) is 30.1 Å². The van der Waals surface area contributed by atoms with Gasteiger partial charge >= 0.3 is 0 Å². The lowest BCUT2D eigenvalue weighted by Gasteiger charge is -2.35. The summed E-state index contributed by atoms with van der Waals surface area (Å²) in [4.78, 5) is 28.9. The van der Waals surface area contributed by atoms with Gasteiger partial charge in [-0.15, -0.1) is 0 Å². The van der Waals surface area contributed by atoms with Gasteiger partial charge < -0.3 is 14.5 Å². The summed E-state index contributed by atoms with van der Waals surface area (Å²) in [6.45, 7) is 6.57. The van der Waals surface area contributed by atoms with E-state index in [4.69, 9.17) is 4.74 Å². The number of rotatable bonds is 3. The van der Waals surface area contributed by atoms with E-state index in [9.17, 15) is 9.59 Å². The van der Waals surface area contributed by atoms with E-state index in [2.05, 4.69) is 13.8 Å². The molecule has 2 atom stereocenters. The minimum Gasteiger partial charge on any atom is -0.482 e. The highest BCUT2D eigenvalue weighted by Gasteiger charge is 2.27. The molecule has 2 heterocycles. The molecular weight excluding hydrogens is 352 g/mol. The lowest BCUT2D eigenvalue weighted by molar-refractivity contribution is -0.121. The lowest BCUT2D eigenvalue weighted by Crippen LogP contribution is -2.42. The number of fused-ring (bicyclic) bond motifs is 1. The van der Waals surface area contributed by atoms with Crippen molar-refractivity contribution < 1.29 is 14.3 Å². The summed E-state index contributed by atoms with van der Waals surface area (Å²) in [7, 11) is 0. The average molecular weight is 378 g/mol. The van der Waals surface area contributed by atoms with Crippen molar-refractivity contribution in [2.75, 3.05) is 24.6 Å². The molecule has 1 saturated heterocycles. The Hall–Kier alpha value is -2.82. The first-order valence-electron chi connectivity index (χ1n) is 9.91. The smallest absolute Gasteiger partial charge is 0.265 e. The van der Waals surface area contributed by atoms with Gasteiger partial charge in [0.1, 0.15) is 5.75 Å². The highest BCUT2D eigenvalue weighted by molar-refractivity contribution is 5.98. The van der Waals surface area contributed by atoms with Crippen LogP contribution in [0.25, 0.3) is 0 Å². The fourth-order valence-electron chi connectivity index (χ4n) is 4.27. The van der Waals surface area contributed by atoms with Gasteiger partial charge in [-0.05, 0) is 48.1 Å². The average Bonchev–Trinajstić information content (AvgIpc) is 2.69. The minimum absolute atomic E-state index is 0.0545. The molecule has 0 spiro atoms. The van der Waals surface area contributed by atoms with Crippen LogP contribution >= 0.6 is 0 Å². The monoisotopic (exact) mass is 378 g/mol. The molecule has 2 aliphatic heterocycles. The van der Waals surface area contributed by atoms with Crippen LogP contribution in [0, 0.1) is 11.8 Å². The Balaban J connectivity index is 1.48. The SMILES string of the molecule is CC1CC(C)CN(C(=O)c2ccc(CN3C(=O)COc4ccccc43)cc2)C1. The standard InChI is InChI=1S/C23H26N2O3/c1-16-11-17(2)13-24(12-16)23(27)19-9-7-18(8-10-19)14-25-20-5-3-4-6-21(20)28-15-22(25)26/h3-10,16-17H,11-15H2,1-2H3. The Labute approximate surface area is 165 Å². The molecule has 2 aromatic carbocycles. The van der Waals surface area contributed by atoms with Gasteiger partial charge in [0.05, 0.1) is 12.2 Å². The number of para-hydroxylation sites is 2. The highest BCUT2D eigenvalue weighted by Crippen LogP contribution is 2.32. The zero-order chi connectivity index (χ0) is 19.7. The topological polar surface area (TPSA) is 49.9 Å². The Morgan fingerprint density at radius 1 is 1.04 bits per heavy atom. The zero-order valence-electron chi connectivity index (χ0n) is 16.4. The molecule has 0 aromatic heterocycles. The number of piperidine rings is 1. The van der Waals surface area contributed by atoms with Crippen LogP contribution in [0.5, 0.6) is 5.75 Å². The van der Waals surface area contributed by atoms with Crippen LogP contribution in [0.3, 0.4) is 0 Å². The van der Waals surface area contributed by atoms with Crippen LogP contribution in [-0.2, 0) is 11.3 Å². The van der Waals surface area contributed by atoms with Gasteiger partial charge in [0.2, 0.25) is 0 Å². The zero-order valence-corrected chi connectivity index (χ0v) is 16.4. The quantitative estimate of drug-likeness (QED) is 0.818. The first-order valence-corrected chi connectivity index (χ1v) is 9.91. The van der Waals surface area contributed by atoms with Crippen molar-refractivity contribution in [1.82, 2.24) is 4.90 Å². The van der Waals surface area contributed by atoms with Crippen LogP contribution in [0.4, 0.5) is 5.69 Å². The number of likely N-dealkylation sites (tertiary alicyclic amines) is 1. The molecule has 2 aromatic rings. The number of hydrogen-bond acceptors (Lipinski definition) is 3. The van der Waals surface area contributed by atoms with Crippen LogP contribution in [-0.4, -0.2) is 36.4 Å². The van der Waals surface area contributed by atoms with Gasteiger partial charge in [-0.25, -0.2) is 0 Å². The Bertz CT molecular complexity index is 868. The Morgan fingerprint density at radius 3 is 2.43 bits per heavy atom. The molecule has 2 aliphatic rings. The molecule has 146 valence electrons. The third-order valence-electron chi connectivity index (χ3n) is 5.51. The van der Waals surface area contributed by atoms with Crippen LogP contribution in [0.15, 0.2) is 48.5 Å². The van der Waals surface area contributed by atoms with E-state index in [-0.39, 0.29) is 18.4 Å². The molecular formula is C23H26N2O3. The van der Waals surface area contributed by atoms with E-state index in [1.807, 2.05) is 53.4 Å². The van der Waals surface area contributed by atoms with E-state index < -0.39 is 0 Å². The minimum atomic E-state index is -0.0601. The first-order chi connectivity index (χ1) is 13.5. The van der Waals surface area contributed by atoms with Crippen LogP contribution in [0.1, 0.15) is 36.2 Å². The van der Waals surface area contributed by atoms with E-state index in [0.29, 0.717) is 23.9 Å². The molecule has 5 heteroatoms. The Morgan fingerprint density at radius 2 is 1.71 bits per heavy atom. The molecule has 2 unspecified atom stereocenters. The molecule has 2 amide bonds. The fourth-order valence-corrected chi connectivity index (χ4v) is 4.27. The van der Waals surface area contributed by atoms with Crippen molar-refractivity contribution in [3.05, 3.63) is 59.7 Å². The van der Waals surface area contributed by atoms with Crippen molar-refractivity contribution in [1.29, 1.82) is 0 Å². The molecule has 5 nitrogen and oxygen atoms in total. The van der Waals surface area contributed by atoms with Gasteiger partial charge in [0, 0.05) is 18.7 Å². The highest BCUT2D eigenvalue weighted by atomic mass is 16.5. The number of anilines is 1. The number of benzene rings is 2. The third kappa shape index (κ3) is 3.75. The number of carbonyl (C=O) groups excluding carboxylic acids is 2. The maximum absolute atomic E-state index is 12.9. The predicted molar refractivity (Wildman–Crippen MR) is 108 cm³/mol. The number of hydrogen-bond donors (Lipinski definition) is 0. The number of ether oxygens (including phenoxy) is 1. The van der Waals surface area contributed by atoms with Crippen LogP contribution < -0.4 is 9.64 Å². The van der Waals surface area contributed by atoms with Crippen molar-refractivity contribution in [2.24, 2.45) is 11.8 Å². The summed E-state index contributed by atoms with van der Waals surface area (Å²) in [5.41, 5.74) is 2.48. The maximum atomic E-state index is 12.9. The van der Waals surface area contributed by atoms with Crippen LogP contribution in [0.2, 0.25) is 0 Å². The molecule has 28 heavy (non-hydrogen) atoms. The molecule has 0 bridgehead atoms. The van der Waals surface area contributed by atoms with Gasteiger partial charge in [-0.2, -0.15) is 0 Å². The summed E-state index contributed by atoms with van der Waals surface area (Å²) >= 11 is 0. The normalized spacial score (nSPS) is 21.9. The predicted octanol–water partition coefficient (Wildman–Crippen LogP) is 3.73. The summed E-state index contributed by atoms with van der Waals surface area (Å²) in [6.07, 6.45) is 1.18. The third-order valence-corrected chi connectivity index (χ3v) is 5.51. The van der Waals surface area contributed by atoms with Gasteiger partial charge in [0.25, 0.3) is 11.8 Å². The lowest BCUT2D eigenvalue weighted by atomic mass is 9.91. The van der Waals surface area contributed by atoms with E-state index in [1.165, 1.54) is 6.42 Å². The Kier molecular flexibility index (Phi) is 5.07. The van der Waals surface area contributed by atoms with Crippen molar-refractivity contribution >= 4 is 17.5 Å². The molecule has 0 radical (unpaired) electrons.